The number of rotatable bonds is 8. The van der Waals surface area contributed by atoms with Crippen molar-refractivity contribution in [3.63, 3.8) is 0 Å². The smallest absolute Gasteiger partial charge is 0.274 e. The molecule has 20 heavy (non-hydrogen) atoms. The predicted molar refractivity (Wildman–Crippen MR) is 83.3 cm³/mol. The van der Waals surface area contributed by atoms with Gasteiger partial charge in [-0.05, 0) is 38.3 Å². The molecular weight excluding hydrogens is 276 g/mol. The van der Waals surface area contributed by atoms with Crippen LogP contribution >= 0.6 is 11.6 Å². The highest BCUT2D eigenvalue weighted by Crippen LogP contribution is 2.30. The molecule has 0 saturated carbocycles. The first kappa shape index (κ1) is 16.9. The van der Waals surface area contributed by atoms with Gasteiger partial charge in [-0.2, -0.15) is 0 Å². The second-order valence-corrected chi connectivity index (χ2v) is 5.52. The van der Waals surface area contributed by atoms with E-state index in [-0.39, 0.29) is 10.6 Å². The van der Waals surface area contributed by atoms with Crippen molar-refractivity contribution in [2.24, 2.45) is 5.92 Å². The quantitative estimate of drug-likeness (QED) is 0.578. The molecule has 0 aliphatic heterocycles. The van der Waals surface area contributed by atoms with Crippen molar-refractivity contribution >= 4 is 17.3 Å². The fourth-order valence-corrected chi connectivity index (χ4v) is 2.64. The summed E-state index contributed by atoms with van der Waals surface area (Å²) in [7, 11) is 0. The van der Waals surface area contributed by atoms with Crippen LogP contribution < -0.4 is 5.32 Å². The number of nitrogens with zero attached hydrogens (tertiary/aromatic N) is 1. The summed E-state index contributed by atoms with van der Waals surface area (Å²) in [5.41, 5.74) is 0.773. The Balaban J connectivity index is 2.92. The first-order valence-electron chi connectivity index (χ1n) is 7.16. The summed E-state index contributed by atoms with van der Waals surface area (Å²) in [5.74, 6) is 0.333. The van der Waals surface area contributed by atoms with Crippen LogP contribution in [0.4, 0.5) is 5.69 Å². The zero-order valence-electron chi connectivity index (χ0n) is 12.4. The summed E-state index contributed by atoms with van der Waals surface area (Å²) < 4.78 is 0. The molecule has 5 heteroatoms. The van der Waals surface area contributed by atoms with Gasteiger partial charge in [-0.25, -0.2) is 0 Å². The Hall–Kier alpha value is -1.13. The maximum atomic E-state index is 11.1. The second-order valence-electron chi connectivity index (χ2n) is 5.11. The van der Waals surface area contributed by atoms with Crippen molar-refractivity contribution in [1.29, 1.82) is 0 Å². The molecule has 1 aromatic carbocycles. The summed E-state index contributed by atoms with van der Waals surface area (Å²) in [5, 5.41) is 15.1. The summed E-state index contributed by atoms with van der Waals surface area (Å²) in [6.45, 7) is 7.33. The molecule has 1 aromatic rings. The molecule has 0 radical (unpaired) electrons. The number of nitrogens with one attached hydrogen (secondary N) is 1. The molecule has 1 rings (SSSR count). The molecule has 0 aromatic heterocycles. The highest BCUT2D eigenvalue weighted by atomic mass is 35.5. The third kappa shape index (κ3) is 4.46. The zero-order valence-corrected chi connectivity index (χ0v) is 13.1. The monoisotopic (exact) mass is 298 g/mol. The Morgan fingerprint density at radius 3 is 2.65 bits per heavy atom. The van der Waals surface area contributed by atoms with Gasteiger partial charge in [-0.15, -0.1) is 0 Å². The lowest BCUT2D eigenvalue weighted by Crippen LogP contribution is -2.35. The molecule has 0 fully saturated rings. The van der Waals surface area contributed by atoms with E-state index in [0.29, 0.717) is 29.0 Å². The average molecular weight is 299 g/mol. The molecular formula is C15H23ClN2O2. The van der Waals surface area contributed by atoms with E-state index in [9.17, 15) is 10.1 Å². The zero-order chi connectivity index (χ0) is 15.1. The SMILES string of the molecule is CCCNC(C)C(CC)Cc1c(Cl)cccc1[N+](=O)[O-]. The van der Waals surface area contributed by atoms with Crippen molar-refractivity contribution in [3.05, 3.63) is 38.9 Å². The largest absolute Gasteiger partial charge is 0.314 e. The van der Waals surface area contributed by atoms with E-state index < -0.39 is 0 Å². The van der Waals surface area contributed by atoms with Gasteiger partial charge in [0.25, 0.3) is 5.69 Å². The van der Waals surface area contributed by atoms with Gasteiger partial charge in [-0.1, -0.05) is 37.9 Å². The minimum atomic E-state index is -0.349. The van der Waals surface area contributed by atoms with E-state index >= 15 is 0 Å². The lowest BCUT2D eigenvalue weighted by atomic mass is 9.90. The van der Waals surface area contributed by atoms with Gasteiger partial charge in [0.05, 0.1) is 9.95 Å². The molecule has 1 N–H and O–H groups in total. The van der Waals surface area contributed by atoms with Crippen molar-refractivity contribution in [2.45, 2.75) is 46.1 Å². The Bertz CT molecular complexity index is 451. The van der Waals surface area contributed by atoms with Crippen LogP contribution in [0.15, 0.2) is 18.2 Å². The average Bonchev–Trinajstić information content (AvgIpc) is 2.43. The van der Waals surface area contributed by atoms with Crippen LogP contribution in [0, 0.1) is 16.0 Å². The van der Waals surface area contributed by atoms with Crippen LogP contribution in [0.1, 0.15) is 39.2 Å². The van der Waals surface area contributed by atoms with Crippen molar-refractivity contribution in [1.82, 2.24) is 5.32 Å². The Kier molecular flexibility index (Phi) is 6.96. The fourth-order valence-electron chi connectivity index (χ4n) is 2.40. The van der Waals surface area contributed by atoms with Crippen molar-refractivity contribution < 1.29 is 4.92 Å². The fraction of sp³-hybridized carbons (Fsp3) is 0.600. The van der Waals surface area contributed by atoms with E-state index in [1.165, 1.54) is 6.07 Å². The van der Waals surface area contributed by atoms with E-state index in [2.05, 4.69) is 26.1 Å². The van der Waals surface area contributed by atoms with E-state index in [1.54, 1.807) is 12.1 Å². The summed E-state index contributed by atoms with van der Waals surface area (Å²) in [4.78, 5) is 10.8. The Labute approximate surface area is 125 Å². The minimum Gasteiger partial charge on any atom is -0.314 e. The van der Waals surface area contributed by atoms with Gasteiger partial charge in [0, 0.05) is 17.7 Å². The predicted octanol–water partition coefficient (Wildman–Crippen LogP) is 4.21. The lowest BCUT2D eigenvalue weighted by Gasteiger charge is -2.24. The number of benzene rings is 1. The molecule has 0 aliphatic rings. The number of hydrogen-bond acceptors (Lipinski definition) is 3. The number of nitro groups is 1. The van der Waals surface area contributed by atoms with Crippen LogP contribution in [-0.4, -0.2) is 17.5 Å². The van der Waals surface area contributed by atoms with Crippen LogP contribution in [0.25, 0.3) is 0 Å². The first-order valence-corrected chi connectivity index (χ1v) is 7.54. The second kappa shape index (κ2) is 8.22. The molecule has 112 valence electrons. The number of hydrogen-bond donors (Lipinski definition) is 1. The van der Waals surface area contributed by atoms with Gasteiger partial charge in [0.1, 0.15) is 0 Å². The maximum absolute atomic E-state index is 11.1. The minimum absolute atomic E-state index is 0.124. The molecule has 2 unspecified atom stereocenters. The first-order chi connectivity index (χ1) is 9.51. The van der Waals surface area contributed by atoms with Gasteiger partial charge >= 0.3 is 0 Å². The van der Waals surface area contributed by atoms with Crippen LogP contribution in [0.5, 0.6) is 0 Å². The van der Waals surface area contributed by atoms with Crippen LogP contribution in [0.2, 0.25) is 5.02 Å². The summed E-state index contributed by atoms with van der Waals surface area (Å²) in [6, 6.07) is 5.19. The van der Waals surface area contributed by atoms with Crippen molar-refractivity contribution in [2.75, 3.05) is 6.54 Å². The molecule has 0 bridgehead atoms. The maximum Gasteiger partial charge on any atom is 0.274 e. The normalized spacial score (nSPS) is 14.0. The van der Waals surface area contributed by atoms with Crippen molar-refractivity contribution in [3.8, 4) is 0 Å². The van der Waals surface area contributed by atoms with Gasteiger partial charge in [0.2, 0.25) is 0 Å². The molecule has 4 nitrogen and oxygen atoms in total. The highest BCUT2D eigenvalue weighted by molar-refractivity contribution is 6.31. The van der Waals surface area contributed by atoms with E-state index in [4.69, 9.17) is 11.6 Å². The van der Waals surface area contributed by atoms with E-state index in [1.807, 2.05) is 0 Å². The Morgan fingerprint density at radius 1 is 1.40 bits per heavy atom. The molecule has 0 heterocycles. The highest BCUT2D eigenvalue weighted by Gasteiger charge is 2.22. The number of halogens is 1. The molecule has 0 aliphatic carbocycles. The molecule has 2 atom stereocenters. The van der Waals surface area contributed by atoms with Gasteiger partial charge in [-0.3, -0.25) is 10.1 Å². The van der Waals surface area contributed by atoms with Crippen LogP contribution in [0.3, 0.4) is 0 Å². The standard InChI is InChI=1S/C15H23ClN2O2/c1-4-9-17-11(3)12(5-2)10-13-14(16)7-6-8-15(13)18(19)20/h6-8,11-12,17H,4-5,9-10H2,1-3H3. The third-order valence-corrected chi connectivity index (χ3v) is 4.06. The molecule has 0 saturated heterocycles. The number of nitro benzene ring substituents is 1. The van der Waals surface area contributed by atoms with Gasteiger partial charge < -0.3 is 5.32 Å². The summed E-state index contributed by atoms with van der Waals surface area (Å²) in [6.07, 6.45) is 2.66. The molecule has 0 amide bonds. The van der Waals surface area contributed by atoms with Crippen LogP contribution in [-0.2, 0) is 6.42 Å². The summed E-state index contributed by atoms with van der Waals surface area (Å²) >= 11 is 6.16. The van der Waals surface area contributed by atoms with Gasteiger partial charge in [0.15, 0.2) is 0 Å². The van der Waals surface area contributed by atoms with E-state index in [0.717, 1.165) is 19.4 Å². The molecule has 0 spiro atoms. The lowest BCUT2D eigenvalue weighted by molar-refractivity contribution is -0.385. The Morgan fingerprint density at radius 2 is 2.10 bits per heavy atom. The third-order valence-electron chi connectivity index (χ3n) is 3.70. The topological polar surface area (TPSA) is 55.2 Å².